The molecule has 0 spiro atoms. The highest BCUT2D eigenvalue weighted by Crippen LogP contribution is 2.37. The SMILES string of the molecule is C=C1C(=O)O[C@H]2C/C(C)=C\C(=O)C[C@H](C)[C@@H](OC(=O)/C(C)=C\C)[C@@H](O)[C@H]12. The molecule has 1 aliphatic carbocycles. The van der Waals surface area contributed by atoms with E-state index in [9.17, 15) is 19.5 Å². The smallest absolute Gasteiger partial charge is 0.334 e. The predicted octanol–water partition coefficient (Wildman–Crippen LogP) is 2.27. The Morgan fingerprint density at radius 3 is 2.65 bits per heavy atom. The van der Waals surface area contributed by atoms with Gasteiger partial charge in [0.2, 0.25) is 0 Å². The standard InChI is InChI=1S/C20H26O6/c1-6-11(3)19(23)26-18-12(4)9-14(21)7-10(2)8-15-16(17(18)22)13(5)20(24)25-15/h6-7,12,15-18,22H,5,8-9H2,1-4H3/b10-7-,11-6-/t12-,15-,16+,17-,18+/m0/s1. The molecule has 1 aliphatic heterocycles. The molecule has 0 aromatic heterocycles. The number of hydrogen-bond donors (Lipinski definition) is 1. The van der Waals surface area contributed by atoms with Gasteiger partial charge in [0.15, 0.2) is 5.78 Å². The maximum atomic E-state index is 12.2. The van der Waals surface area contributed by atoms with Gasteiger partial charge in [-0.05, 0) is 26.8 Å². The Labute approximate surface area is 153 Å². The van der Waals surface area contributed by atoms with Crippen LogP contribution < -0.4 is 0 Å². The molecule has 0 saturated carbocycles. The minimum atomic E-state index is -1.19. The van der Waals surface area contributed by atoms with E-state index >= 15 is 0 Å². The first-order valence-corrected chi connectivity index (χ1v) is 8.77. The van der Waals surface area contributed by atoms with Gasteiger partial charge >= 0.3 is 11.9 Å². The van der Waals surface area contributed by atoms with E-state index in [4.69, 9.17) is 9.47 Å². The lowest BCUT2D eigenvalue weighted by Crippen LogP contribution is -2.45. The van der Waals surface area contributed by atoms with Gasteiger partial charge < -0.3 is 14.6 Å². The molecule has 1 saturated heterocycles. The second-order valence-electron chi connectivity index (χ2n) is 7.17. The molecule has 142 valence electrons. The van der Waals surface area contributed by atoms with E-state index in [1.165, 1.54) is 6.08 Å². The summed E-state index contributed by atoms with van der Waals surface area (Å²) in [6.07, 6.45) is 0.800. The van der Waals surface area contributed by atoms with Crippen molar-refractivity contribution in [1.29, 1.82) is 0 Å². The quantitative estimate of drug-likeness (QED) is 0.599. The summed E-state index contributed by atoms with van der Waals surface area (Å²) in [4.78, 5) is 36.5. The molecule has 0 aromatic rings. The second-order valence-corrected chi connectivity index (χ2v) is 7.17. The first-order chi connectivity index (χ1) is 12.1. The lowest BCUT2D eigenvalue weighted by atomic mass is 9.80. The van der Waals surface area contributed by atoms with E-state index in [0.29, 0.717) is 12.0 Å². The lowest BCUT2D eigenvalue weighted by molar-refractivity contribution is -0.159. The van der Waals surface area contributed by atoms with E-state index < -0.39 is 42.1 Å². The van der Waals surface area contributed by atoms with Crippen LogP contribution in [0.15, 0.2) is 35.5 Å². The molecule has 26 heavy (non-hydrogen) atoms. The van der Waals surface area contributed by atoms with Crippen LogP contribution in [-0.4, -0.2) is 41.1 Å². The van der Waals surface area contributed by atoms with Crippen molar-refractivity contribution >= 4 is 17.7 Å². The van der Waals surface area contributed by atoms with Gasteiger partial charge in [0.1, 0.15) is 18.3 Å². The van der Waals surface area contributed by atoms with Gasteiger partial charge in [0.25, 0.3) is 0 Å². The molecule has 6 heteroatoms. The highest BCUT2D eigenvalue weighted by atomic mass is 16.6. The fourth-order valence-corrected chi connectivity index (χ4v) is 3.45. The third-order valence-corrected chi connectivity index (χ3v) is 5.04. The van der Waals surface area contributed by atoms with Gasteiger partial charge in [-0.15, -0.1) is 0 Å². The first kappa shape index (κ1) is 20.1. The molecule has 0 amide bonds. The molecule has 0 unspecified atom stereocenters. The molecule has 1 N–H and O–H groups in total. The minimum Gasteiger partial charge on any atom is -0.458 e. The summed E-state index contributed by atoms with van der Waals surface area (Å²) in [7, 11) is 0. The van der Waals surface area contributed by atoms with Crippen molar-refractivity contribution in [3.63, 3.8) is 0 Å². The normalized spacial score (nSPS) is 35.3. The molecule has 5 atom stereocenters. The summed E-state index contributed by atoms with van der Waals surface area (Å²) in [5.41, 5.74) is 1.34. The summed E-state index contributed by atoms with van der Waals surface area (Å²) in [5.74, 6) is -2.37. The van der Waals surface area contributed by atoms with E-state index in [1.807, 2.05) is 0 Å². The number of ether oxygens (including phenoxy) is 2. The summed E-state index contributed by atoms with van der Waals surface area (Å²) >= 11 is 0. The molecule has 0 aromatic carbocycles. The molecule has 0 radical (unpaired) electrons. The zero-order valence-corrected chi connectivity index (χ0v) is 15.7. The molecule has 0 bridgehead atoms. The minimum absolute atomic E-state index is 0.118. The van der Waals surface area contributed by atoms with Crippen molar-refractivity contribution in [2.45, 2.75) is 58.8 Å². The van der Waals surface area contributed by atoms with Crippen LogP contribution in [0, 0.1) is 11.8 Å². The topological polar surface area (TPSA) is 89.9 Å². The largest absolute Gasteiger partial charge is 0.458 e. The predicted molar refractivity (Wildman–Crippen MR) is 95.0 cm³/mol. The van der Waals surface area contributed by atoms with Gasteiger partial charge in [0.05, 0.1) is 5.92 Å². The average Bonchev–Trinajstić information content (AvgIpc) is 2.83. The Morgan fingerprint density at radius 1 is 1.38 bits per heavy atom. The lowest BCUT2D eigenvalue weighted by Gasteiger charge is -2.33. The molecular formula is C20H26O6. The Bertz CT molecular complexity index is 686. The summed E-state index contributed by atoms with van der Waals surface area (Å²) in [6.45, 7) is 10.6. The van der Waals surface area contributed by atoms with Crippen LogP contribution in [0.4, 0.5) is 0 Å². The van der Waals surface area contributed by atoms with Crippen molar-refractivity contribution in [3.05, 3.63) is 35.5 Å². The van der Waals surface area contributed by atoms with Crippen LogP contribution in [0.1, 0.15) is 40.5 Å². The number of carbonyl (C=O) groups is 3. The highest BCUT2D eigenvalue weighted by Gasteiger charge is 2.48. The van der Waals surface area contributed by atoms with Gasteiger partial charge in [-0.2, -0.15) is 0 Å². The first-order valence-electron chi connectivity index (χ1n) is 8.77. The van der Waals surface area contributed by atoms with E-state index in [-0.39, 0.29) is 17.8 Å². The molecular weight excluding hydrogens is 336 g/mol. The maximum Gasteiger partial charge on any atom is 0.334 e. The zero-order valence-electron chi connectivity index (χ0n) is 15.7. The number of aliphatic hydroxyl groups is 1. The molecule has 1 heterocycles. The summed E-state index contributed by atoms with van der Waals surface area (Å²) < 4.78 is 10.9. The van der Waals surface area contributed by atoms with Crippen molar-refractivity contribution in [3.8, 4) is 0 Å². The van der Waals surface area contributed by atoms with E-state index in [0.717, 1.165) is 5.57 Å². The number of carbonyl (C=O) groups excluding carboxylic acids is 3. The van der Waals surface area contributed by atoms with E-state index in [1.54, 1.807) is 33.8 Å². The van der Waals surface area contributed by atoms with Crippen molar-refractivity contribution in [2.24, 2.45) is 11.8 Å². The summed E-state index contributed by atoms with van der Waals surface area (Å²) in [6, 6.07) is 0. The van der Waals surface area contributed by atoms with Crippen LogP contribution >= 0.6 is 0 Å². The van der Waals surface area contributed by atoms with E-state index in [2.05, 4.69) is 6.58 Å². The van der Waals surface area contributed by atoms with Crippen LogP contribution in [0.3, 0.4) is 0 Å². The van der Waals surface area contributed by atoms with Crippen molar-refractivity contribution in [2.75, 3.05) is 0 Å². The number of rotatable bonds is 2. The highest BCUT2D eigenvalue weighted by molar-refractivity contribution is 5.92. The molecule has 2 aliphatic rings. The van der Waals surface area contributed by atoms with Crippen molar-refractivity contribution in [1.82, 2.24) is 0 Å². The van der Waals surface area contributed by atoms with Gasteiger partial charge in [0, 0.05) is 29.9 Å². The van der Waals surface area contributed by atoms with Crippen LogP contribution in [0.2, 0.25) is 0 Å². The molecule has 1 fully saturated rings. The number of hydrogen-bond acceptors (Lipinski definition) is 6. The van der Waals surface area contributed by atoms with Gasteiger partial charge in [-0.1, -0.05) is 25.2 Å². The Kier molecular flexibility index (Phi) is 6.18. The number of fused-ring (bicyclic) bond motifs is 1. The fourth-order valence-electron chi connectivity index (χ4n) is 3.45. The summed E-state index contributed by atoms with van der Waals surface area (Å²) in [5, 5.41) is 11.0. The fraction of sp³-hybridized carbons (Fsp3) is 0.550. The number of ketones is 1. The van der Waals surface area contributed by atoms with Crippen molar-refractivity contribution < 1.29 is 29.0 Å². The Balaban J connectivity index is 2.42. The Morgan fingerprint density at radius 2 is 2.04 bits per heavy atom. The monoisotopic (exact) mass is 362 g/mol. The third kappa shape index (κ3) is 4.12. The van der Waals surface area contributed by atoms with Gasteiger partial charge in [-0.25, -0.2) is 9.59 Å². The molecule has 6 nitrogen and oxygen atoms in total. The van der Waals surface area contributed by atoms with Crippen LogP contribution in [-0.2, 0) is 23.9 Å². The average molecular weight is 362 g/mol. The Hall–Kier alpha value is -2.21. The molecule has 2 rings (SSSR count). The maximum absolute atomic E-state index is 12.2. The third-order valence-electron chi connectivity index (χ3n) is 5.04. The number of aliphatic hydroxyl groups excluding tert-OH is 1. The number of esters is 2. The van der Waals surface area contributed by atoms with Crippen LogP contribution in [0.25, 0.3) is 0 Å². The van der Waals surface area contributed by atoms with Gasteiger partial charge in [-0.3, -0.25) is 4.79 Å². The van der Waals surface area contributed by atoms with Crippen LogP contribution in [0.5, 0.6) is 0 Å². The number of allylic oxidation sites excluding steroid dienone is 2. The second kappa shape index (κ2) is 7.99. The zero-order chi connectivity index (χ0) is 19.6.